The number of carbonyl (C=O) groups is 1. The first kappa shape index (κ1) is 21.7. The average Bonchev–Trinajstić information content (AvgIpc) is 2.93. The van der Waals surface area contributed by atoms with E-state index in [1.807, 2.05) is 51.1 Å². The Bertz CT molecular complexity index is 1140. The number of ether oxygens (including phenoxy) is 1. The fourth-order valence-electron chi connectivity index (χ4n) is 4.17. The number of benzene rings is 3. The van der Waals surface area contributed by atoms with E-state index >= 15 is 0 Å². The molecule has 0 unspecified atom stereocenters. The number of allylic oxidation sites excluding steroid dienone is 1. The number of phenols is 1. The maximum atomic E-state index is 12.3. The molecule has 0 heterocycles. The number of carbonyl (C=O) groups excluding carboxylic acids is 1. The van der Waals surface area contributed by atoms with Crippen LogP contribution >= 0.6 is 0 Å². The SMILES string of the molecule is CC(C)(C)OC(=O)Nc1ccc2c(c1)CCCC(c1ccccc1)=C2c1ccc(O)cc1. The first-order valence-corrected chi connectivity index (χ1v) is 11.0. The van der Waals surface area contributed by atoms with Crippen LogP contribution < -0.4 is 5.32 Å². The minimum absolute atomic E-state index is 0.251. The van der Waals surface area contributed by atoms with Gasteiger partial charge in [-0.25, -0.2) is 4.79 Å². The van der Waals surface area contributed by atoms with Crippen molar-refractivity contribution >= 4 is 22.9 Å². The number of amides is 1. The van der Waals surface area contributed by atoms with E-state index in [1.165, 1.54) is 22.3 Å². The molecule has 4 nitrogen and oxygen atoms in total. The van der Waals surface area contributed by atoms with Crippen molar-refractivity contribution in [2.24, 2.45) is 0 Å². The fourth-order valence-corrected chi connectivity index (χ4v) is 4.17. The smallest absolute Gasteiger partial charge is 0.412 e. The number of hydrogen-bond donors (Lipinski definition) is 2. The Hall–Kier alpha value is -3.53. The van der Waals surface area contributed by atoms with Crippen LogP contribution in [0.25, 0.3) is 11.1 Å². The van der Waals surface area contributed by atoms with Gasteiger partial charge in [0.05, 0.1) is 0 Å². The molecule has 0 spiro atoms. The van der Waals surface area contributed by atoms with Gasteiger partial charge in [-0.1, -0.05) is 48.5 Å². The third-order valence-corrected chi connectivity index (χ3v) is 5.47. The molecule has 0 bridgehead atoms. The highest BCUT2D eigenvalue weighted by atomic mass is 16.6. The molecule has 32 heavy (non-hydrogen) atoms. The first-order valence-electron chi connectivity index (χ1n) is 11.0. The summed E-state index contributed by atoms with van der Waals surface area (Å²) in [6.45, 7) is 5.55. The van der Waals surface area contributed by atoms with Gasteiger partial charge in [0.15, 0.2) is 0 Å². The maximum Gasteiger partial charge on any atom is 0.412 e. The molecule has 3 aromatic rings. The van der Waals surface area contributed by atoms with Gasteiger partial charge in [-0.15, -0.1) is 0 Å². The second-order valence-electron chi connectivity index (χ2n) is 9.12. The van der Waals surface area contributed by atoms with Crippen molar-refractivity contribution in [3.8, 4) is 5.75 Å². The average molecular weight is 428 g/mol. The molecule has 1 amide bonds. The van der Waals surface area contributed by atoms with Gasteiger partial charge in [-0.3, -0.25) is 5.32 Å². The molecule has 3 aromatic carbocycles. The highest BCUT2D eigenvalue weighted by Crippen LogP contribution is 2.40. The molecule has 0 saturated carbocycles. The van der Waals surface area contributed by atoms with Crippen molar-refractivity contribution in [1.82, 2.24) is 0 Å². The molecule has 0 aliphatic heterocycles. The molecule has 1 aliphatic carbocycles. The molecular formula is C28H29NO3. The van der Waals surface area contributed by atoms with Crippen LogP contribution in [0, 0.1) is 0 Å². The monoisotopic (exact) mass is 427 g/mol. The molecule has 2 N–H and O–H groups in total. The Balaban J connectivity index is 1.79. The van der Waals surface area contributed by atoms with Gasteiger partial charge >= 0.3 is 6.09 Å². The van der Waals surface area contributed by atoms with Crippen LogP contribution in [-0.4, -0.2) is 16.8 Å². The number of anilines is 1. The summed E-state index contributed by atoms with van der Waals surface area (Å²) in [5, 5.41) is 12.7. The molecule has 4 heteroatoms. The summed E-state index contributed by atoms with van der Waals surface area (Å²) < 4.78 is 5.40. The molecule has 4 rings (SSSR count). The number of hydrogen-bond acceptors (Lipinski definition) is 3. The van der Waals surface area contributed by atoms with Crippen LogP contribution in [0.3, 0.4) is 0 Å². The number of phenolic OH excluding ortho intramolecular Hbond substituents is 1. The minimum atomic E-state index is -0.546. The van der Waals surface area contributed by atoms with E-state index in [2.05, 4.69) is 35.6 Å². The van der Waals surface area contributed by atoms with Gasteiger partial charge in [-0.2, -0.15) is 0 Å². The van der Waals surface area contributed by atoms with E-state index in [1.54, 1.807) is 12.1 Å². The zero-order chi connectivity index (χ0) is 22.7. The topological polar surface area (TPSA) is 58.6 Å². The van der Waals surface area contributed by atoms with Crippen molar-refractivity contribution in [1.29, 1.82) is 0 Å². The van der Waals surface area contributed by atoms with Crippen LogP contribution in [0.5, 0.6) is 5.75 Å². The standard InChI is InChI=1S/C28H29NO3/c1-28(2,3)32-27(31)29-22-14-17-25-21(18-22)10-7-11-24(19-8-5-4-6-9-19)26(25)20-12-15-23(30)16-13-20/h4-6,8-9,12-18,30H,7,10-11H2,1-3H3,(H,29,31). The summed E-state index contributed by atoms with van der Waals surface area (Å²) in [4.78, 5) is 12.3. The molecule has 0 aromatic heterocycles. The van der Waals surface area contributed by atoms with E-state index < -0.39 is 11.7 Å². The molecule has 164 valence electrons. The van der Waals surface area contributed by atoms with Gasteiger partial charge in [0.1, 0.15) is 11.4 Å². The number of aryl methyl sites for hydroxylation is 1. The highest BCUT2D eigenvalue weighted by Gasteiger charge is 2.21. The second kappa shape index (κ2) is 8.91. The van der Waals surface area contributed by atoms with E-state index in [-0.39, 0.29) is 5.75 Å². The number of fused-ring (bicyclic) bond motifs is 1. The zero-order valence-corrected chi connectivity index (χ0v) is 18.8. The van der Waals surface area contributed by atoms with Gasteiger partial charge in [0, 0.05) is 5.69 Å². The number of nitrogens with one attached hydrogen (secondary N) is 1. The highest BCUT2D eigenvalue weighted by molar-refractivity contribution is 6.00. The minimum Gasteiger partial charge on any atom is -0.508 e. The summed E-state index contributed by atoms with van der Waals surface area (Å²) in [6, 6.07) is 23.9. The van der Waals surface area contributed by atoms with Crippen LogP contribution in [0.2, 0.25) is 0 Å². The first-order chi connectivity index (χ1) is 15.3. The van der Waals surface area contributed by atoms with Crippen molar-refractivity contribution in [2.45, 2.75) is 45.6 Å². The Kier molecular flexibility index (Phi) is 6.04. The third-order valence-electron chi connectivity index (χ3n) is 5.47. The predicted octanol–water partition coefficient (Wildman–Crippen LogP) is 7.03. The van der Waals surface area contributed by atoms with Gasteiger partial charge < -0.3 is 9.84 Å². The molecule has 0 fully saturated rings. The summed E-state index contributed by atoms with van der Waals surface area (Å²) >= 11 is 0. The number of aromatic hydroxyl groups is 1. The Labute approximate surface area is 189 Å². The van der Waals surface area contributed by atoms with Crippen molar-refractivity contribution in [3.05, 3.63) is 95.1 Å². The lowest BCUT2D eigenvalue weighted by Gasteiger charge is -2.20. The fraction of sp³-hybridized carbons (Fsp3) is 0.250. The molecule has 0 saturated heterocycles. The third kappa shape index (κ3) is 5.02. The predicted molar refractivity (Wildman–Crippen MR) is 130 cm³/mol. The molecule has 0 atom stereocenters. The summed E-state index contributed by atoms with van der Waals surface area (Å²) in [6.07, 6.45) is 2.42. The largest absolute Gasteiger partial charge is 0.508 e. The lowest BCUT2D eigenvalue weighted by Crippen LogP contribution is -2.27. The van der Waals surface area contributed by atoms with Gasteiger partial charge in [0.2, 0.25) is 0 Å². The van der Waals surface area contributed by atoms with Gasteiger partial charge in [0.25, 0.3) is 0 Å². The van der Waals surface area contributed by atoms with Crippen LogP contribution in [0.4, 0.5) is 10.5 Å². The Morgan fingerprint density at radius 1 is 0.906 bits per heavy atom. The number of rotatable bonds is 3. The van der Waals surface area contributed by atoms with E-state index in [4.69, 9.17) is 4.74 Å². The lowest BCUT2D eigenvalue weighted by molar-refractivity contribution is 0.0636. The normalized spacial score (nSPS) is 13.8. The van der Waals surface area contributed by atoms with E-state index in [0.29, 0.717) is 0 Å². The summed E-state index contributed by atoms with van der Waals surface area (Å²) in [5.41, 5.74) is 7.27. The molecular weight excluding hydrogens is 398 g/mol. The Morgan fingerprint density at radius 3 is 2.31 bits per heavy atom. The maximum absolute atomic E-state index is 12.3. The molecule has 0 radical (unpaired) electrons. The van der Waals surface area contributed by atoms with Crippen molar-refractivity contribution in [2.75, 3.05) is 5.32 Å². The van der Waals surface area contributed by atoms with Crippen molar-refractivity contribution < 1.29 is 14.6 Å². The van der Waals surface area contributed by atoms with E-state index in [0.717, 1.165) is 36.1 Å². The summed E-state index contributed by atoms with van der Waals surface area (Å²) in [7, 11) is 0. The Morgan fingerprint density at radius 2 is 1.62 bits per heavy atom. The van der Waals surface area contributed by atoms with Crippen LogP contribution in [-0.2, 0) is 11.2 Å². The lowest BCUT2D eigenvalue weighted by atomic mass is 9.88. The van der Waals surface area contributed by atoms with E-state index in [9.17, 15) is 9.90 Å². The molecule has 1 aliphatic rings. The van der Waals surface area contributed by atoms with Gasteiger partial charge in [-0.05, 0) is 97.7 Å². The van der Waals surface area contributed by atoms with Crippen molar-refractivity contribution in [3.63, 3.8) is 0 Å². The van der Waals surface area contributed by atoms with Crippen LogP contribution in [0.1, 0.15) is 55.9 Å². The second-order valence-corrected chi connectivity index (χ2v) is 9.12. The zero-order valence-electron chi connectivity index (χ0n) is 18.8. The quantitative estimate of drug-likeness (QED) is 0.471. The summed E-state index contributed by atoms with van der Waals surface area (Å²) in [5.74, 6) is 0.251. The van der Waals surface area contributed by atoms with Crippen LogP contribution in [0.15, 0.2) is 72.8 Å².